The van der Waals surface area contributed by atoms with Gasteiger partial charge in [0.1, 0.15) is 5.82 Å². The Morgan fingerprint density at radius 3 is 2.79 bits per heavy atom. The average Bonchev–Trinajstić information content (AvgIpc) is 2.63. The fraction of sp³-hybridized carbons (Fsp3) is 0.375. The molecule has 6 nitrogen and oxygen atoms in total. The van der Waals surface area contributed by atoms with Gasteiger partial charge in [-0.05, 0) is 0 Å². The van der Waals surface area contributed by atoms with Crippen LogP contribution in [0.25, 0.3) is 11.0 Å². The average molecular weight is 192 g/mol. The molecule has 6 heteroatoms. The van der Waals surface area contributed by atoms with Crippen molar-refractivity contribution in [2.24, 2.45) is 0 Å². The standard InChI is InChI=1S/C8H12N6/c1-9-6-5-4-10-13-7(5)12-8(11-6)14(2)3/h4H,1-3H3,(H2,9,10,11,12,13). The Balaban J connectivity index is 2.67. The molecule has 2 aromatic rings. The Morgan fingerprint density at radius 1 is 1.36 bits per heavy atom. The normalized spacial score (nSPS) is 10.5. The molecule has 0 radical (unpaired) electrons. The third-order valence-electron chi connectivity index (χ3n) is 1.93. The maximum atomic E-state index is 4.33. The predicted molar refractivity (Wildman–Crippen MR) is 55.6 cm³/mol. The Kier molecular flexibility index (Phi) is 1.95. The zero-order valence-corrected chi connectivity index (χ0v) is 8.37. The van der Waals surface area contributed by atoms with Gasteiger partial charge in [0.2, 0.25) is 5.95 Å². The minimum Gasteiger partial charge on any atom is -0.372 e. The van der Waals surface area contributed by atoms with Gasteiger partial charge < -0.3 is 10.2 Å². The van der Waals surface area contributed by atoms with Crippen LogP contribution in [0.5, 0.6) is 0 Å². The van der Waals surface area contributed by atoms with Crippen LogP contribution in [0.4, 0.5) is 11.8 Å². The van der Waals surface area contributed by atoms with E-state index in [2.05, 4.69) is 25.5 Å². The third-order valence-corrected chi connectivity index (χ3v) is 1.93. The highest BCUT2D eigenvalue weighted by Crippen LogP contribution is 2.19. The summed E-state index contributed by atoms with van der Waals surface area (Å²) in [7, 11) is 5.63. The first-order valence-electron chi connectivity index (χ1n) is 4.28. The summed E-state index contributed by atoms with van der Waals surface area (Å²) in [6, 6.07) is 0. The molecule has 74 valence electrons. The number of hydrogen-bond donors (Lipinski definition) is 2. The van der Waals surface area contributed by atoms with Crippen LogP contribution in [0.3, 0.4) is 0 Å². The van der Waals surface area contributed by atoms with Crippen molar-refractivity contribution in [2.45, 2.75) is 0 Å². The van der Waals surface area contributed by atoms with Crippen molar-refractivity contribution in [1.82, 2.24) is 20.2 Å². The molecule has 0 aliphatic heterocycles. The molecular formula is C8H12N6. The van der Waals surface area contributed by atoms with Crippen molar-refractivity contribution in [3.63, 3.8) is 0 Å². The lowest BCUT2D eigenvalue weighted by molar-refractivity contribution is 1.00. The van der Waals surface area contributed by atoms with Gasteiger partial charge in [-0.15, -0.1) is 0 Å². The van der Waals surface area contributed by atoms with E-state index in [-0.39, 0.29) is 0 Å². The molecule has 0 spiro atoms. The maximum absolute atomic E-state index is 4.33. The highest BCUT2D eigenvalue weighted by atomic mass is 15.3. The van der Waals surface area contributed by atoms with Crippen LogP contribution in [0, 0.1) is 0 Å². The summed E-state index contributed by atoms with van der Waals surface area (Å²) in [5, 5.41) is 10.7. The fourth-order valence-corrected chi connectivity index (χ4v) is 1.21. The zero-order chi connectivity index (χ0) is 10.1. The van der Waals surface area contributed by atoms with Crippen molar-refractivity contribution in [1.29, 1.82) is 0 Å². The summed E-state index contributed by atoms with van der Waals surface area (Å²) in [5.41, 5.74) is 0.744. The number of H-pyrrole nitrogens is 1. The summed E-state index contributed by atoms with van der Waals surface area (Å²) in [6.07, 6.45) is 1.71. The Bertz CT molecular complexity index is 446. The lowest BCUT2D eigenvalue weighted by atomic mass is 10.4. The summed E-state index contributed by atoms with van der Waals surface area (Å²) >= 11 is 0. The lowest BCUT2D eigenvalue weighted by Crippen LogP contribution is -2.13. The number of aromatic nitrogens is 4. The molecule has 2 aromatic heterocycles. The molecule has 0 aliphatic rings. The number of anilines is 2. The quantitative estimate of drug-likeness (QED) is 0.723. The molecular weight excluding hydrogens is 180 g/mol. The van der Waals surface area contributed by atoms with E-state index in [1.54, 1.807) is 6.20 Å². The minimum atomic E-state index is 0.658. The molecule has 2 heterocycles. The van der Waals surface area contributed by atoms with Crippen LogP contribution in [0.1, 0.15) is 0 Å². The Morgan fingerprint density at radius 2 is 2.14 bits per heavy atom. The molecule has 0 aliphatic carbocycles. The van der Waals surface area contributed by atoms with Gasteiger partial charge in [0.25, 0.3) is 0 Å². The smallest absolute Gasteiger partial charge is 0.228 e. The maximum Gasteiger partial charge on any atom is 0.228 e. The first kappa shape index (κ1) is 8.74. The molecule has 0 aromatic carbocycles. The van der Waals surface area contributed by atoms with E-state index in [1.165, 1.54) is 0 Å². The van der Waals surface area contributed by atoms with Crippen molar-refractivity contribution >= 4 is 22.8 Å². The second-order valence-electron chi connectivity index (χ2n) is 3.15. The van der Waals surface area contributed by atoms with E-state index in [0.717, 1.165) is 16.9 Å². The molecule has 0 fully saturated rings. The number of aromatic amines is 1. The SMILES string of the molecule is CNc1nc(N(C)C)nc2[nH]ncc12. The van der Waals surface area contributed by atoms with Crippen molar-refractivity contribution < 1.29 is 0 Å². The number of fused-ring (bicyclic) bond motifs is 1. The van der Waals surface area contributed by atoms with Gasteiger partial charge >= 0.3 is 0 Å². The van der Waals surface area contributed by atoms with E-state index in [9.17, 15) is 0 Å². The van der Waals surface area contributed by atoms with Crippen LogP contribution in [-0.2, 0) is 0 Å². The number of hydrogen-bond acceptors (Lipinski definition) is 5. The predicted octanol–water partition coefficient (Wildman–Crippen LogP) is 0.461. The van der Waals surface area contributed by atoms with E-state index in [0.29, 0.717) is 5.95 Å². The van der Waals surface area contributed by atoms with E-state index in [4.69, 9.17) is 0 Å². The minimum absolute atomic E-state index is 0.658. The summed E-state index contributed by atoms with van der Waals surface area (Å²) < 4.78 is 0. The summed E-state index contributed by atoms with van der Waals surface area (Å²) in [5.74, 6) is 1.44. The summed E-state index contributed by atoms with van der Waals surface area (Å²) in [6.45, 7) is 0. The van der Waals surface area contributed by atoms with Crippen molar-refractivity contribution in [3.8, 4) is 0 Å². The second kappa shape index (κ2) is 3.13. The van der Waals surface area contributed by atoms with Crippen LogP contribution in [-0.4, -0.2) is 41.3 Å². The third kappa shape index (κ3) is 1.24. The van der Waals surface area contributed by atoms with Gasteiger partial charge in [-0.2, -0.15) is 15.1 Å². The molecule has 2 rings (SSSR count). The lowest BCUT2D eigenvalue weighted by Gasteiger charge is -2.11. The molecule has 0 amide bonds. The van der Waals surface area contributed by atoms with Crippen LogP contribution >= 0.6 is 0 Å². The van der Waals surface area contributed by atoms with Crippen LogP contribution < -0.4 is 10.2 Å². The molecule has 0 unspecified atom stereocenters. The van der Waals surface area contributed by atoms with Crippen LogP contribution in [0.2, 0.25) is 0 Å². The summed E-state index contributed by atoms with van der Waals surface area (Å²) in [4.78, 5) is 10.5. The largest absolute Gasteiger partial charge is 0.372 e. The molecule has 0 saturated heterocycles. The van der Waals surface area contributed by atoms with Crippen LogP contribution in [0.15, 0.2) is 6.20 Å². The van der Waals surface area contributed by atoms with Crippen molar-refractivity contribution in [3.05, 3.63) is 6.20 Å². The van der Waals surface area contributed by atoms with Crippen molar-refractivity contribution in [2.75, 3.05) is 31.4 Å². The van der Waals surface area contributed by atoms with Gasteiger partial charge in [0.15, 0.2) is 5.65 Å². The Labute approximate surface area is 81.4 Å². The van der Waals surface area contributed by atoms with Gasteiger partial charge in [-0.25, -0.2) is 0 Å². The zero-order valence-electron chi connectivity index (χ0n) is 8.37. The van der Waals surface area contributed by atoms with Gasteiger partial charge in [-0.1, -0.05) is 0 Å². The van der Waals surface area contributed by atoms with E-state index < -0.39 is 0 Å². The molecule has 2 N–H and O–H groups in total. The molecule has 0 bridgehead atoms. The second-order valence-corrected chi connectivity index (χ2v) is 3.15. The van der Waals surface area contributed by atoms with Gasteiger partial charge in [-0.3, -0.25) is 5.10 Å². The molecule has 0 saturated carbocycles. The number of nitrogens with zero attached hydrogens (tertiary/aromatic N) is 4. The Hall–Kier alpha value is -1.85. The van der Waals surface area contributed by atoms with Gasteiger partial charge in [0, 0.05) is 21.1 Å². The topological polar surface area (TPSA) is 69.7 Å². The molecule has 0 atom stereocenters. The number of nitrogens with one attached hydrogen (secondary N) is 2. The highest BCUT2D eigenvalue weighted by Gasteiger charge is 2.08. The van der Waals surface area contributed by atoms with E-state index in [1.807, 2.05) is 26.0 Å². The van der Waals surface area contributed by atoms with E-state index >= 15 is 0 Å². The first-order chi connectivity index (χ1) is 6.72. The van der Waals surface area contributed by atoms with Gasteiger partial charge in [0.05, 0.1) is 11.6 Å². The first-order valence-corrected chi connectivity index (χ1v) is 4.28. The highest BCUT2D eigenvalue weighted by molar-refractivity contribution is 5.86. The number of rotatable bonds is 2. The molecule has 14 heavy (non-hydrogen) atoms. The fourth-order valence-electron chi connectivity index (χ4n) is 1.21. The monoisotopic (exact) mass is 192 g/mol.